The molecular weight excluding hydrogens is 560 g/mol. The molecule has 1 aliphatic rings. The molecule has 0 radical (unpaired) electrons. The molecule has 2 heterocycles. The van der Waals surface area contributed by atoms with Gasteiger partial charge in [-0.05, 0) is 47.7 Å². The number of anilines is 2. The Bertz CT molecular complexity index is 1600. The normalized spacial score (nSPS) is 14.2. The SMILES string of the molecule is COc1c(NC(=O)c2ccc(C)c(Oc3ccnc(CN4CCNC(=O)C4)n3)c2)cc(C(C)(C)C)cc1NS(C)(=O)=O. The summed E-state index contributed by atoms with van der Waals surface area (Å²) in [5.41, 5.74) is 2.08. The van der Waals surface area contributed by atoms with Gasteiger partial charge in [-0.1, -0.05) is 26.8 Å². The molecule has 1 saturated heterocycles. The summed E-state index contributed by atoms with van der Waals surface area (Å²) in [6.45, 7) is 9.75. The first kappa shape index (κ1) is 30.7. The second-order valence-electron chi connectivity index (χ2n) is 11.1. The number of amides is 2. The van der Waals surface area contributed by atoms with E-state index in [0.717, 1.165) is 17.4 Å². The number of sulfonamides is 1. The highest BCUT2D eigenvalue weighted by Gasteiger charge is 2.23. The molecule has 0 aliphatic carbocycles. The lowest BCUT2D eigenvalue weighted by molar-refractivity contribution is -0.124. The van der Waals surface area contributed by atoms with E-state index in [-0.39, 0.29) is 29.3 Å². The molecule has 12 nitrogen and oxygen atoms in total. The van der Waals surface area contributed by atoms with Crippen molar-refractivity contribution in [2.24, 2.45) is 0 Å². The number of carbonyl (C=O) groups excluding carboxylic acids is 2. The summed E-state index contributed by atoms with van der Waals surface area (Å²) in [5, 5.41) is 5.66. The zero-order chi connectivity index (χ0) is 30.7. The lowest BCUT2D eigenvalue weighted by Crippen LogP contribution is -2.47. The fraction of sp³-hybridized carbons (Fsp3) is 0.379. The number of carbonyl (C=O) groups is 2. The number of ether oxygens (including phenoxy) is 2. The van der Waals surface area contributed by atoms with Crippen molar-refractivity contribution in [1.29, 1.82) is 0 Å². The molecule has 0 unspecified atom stereocenters. The molecular formula is C29H36N6O6S. The van der Waals surface area contributed by atoms with Crippen LogP contribution in [0.5, 0.6) is 17.4 Å². The maximum atomic E-state index is 13.4. The lowest BCUT2D eigenvalue weighted by Gasteiger charge is -2.25. The molecule has 3 N–H and O–H groups in total. The average Bonchev–Trinajstić information content (AvgIpc) is 2.88. The number of piperazine rings is 1. The molecule has 13 heteroatoms. The van der Waals surface area contributed by atoms with Crippen molar-refractivity contribution < 1.29 is 27.5 Å². The van der Waals surface area contributed by atoms with E-state index >= 15 is 0 Å². The molecule has 4 rings (SSSR count). The van der Waals surface area contributed by atoms with E-state index in [1.54, 1.807) is 42.6 Å². The van der Waals surface area contributed by atoms with E-state index in [1.807, 2.05) is 32.6 Å². The predicted molar refractivity (Wildman–Crippen MR) is 160 cm³/mol. The van der Waals surface area contributed by atoms with Crippen molar-refractivity contribution in [3.8, 4) is 17.4 Å². The minimum atomic E-state index is -3.61. The van der Waals surface area contributed by atoms with Gasteiger partial charge in [-0.3, -0.25) is 19.2 Å². The largest absolute Gasteiger partial charge is 0.492 e. The van der Waals surface area contributed by atoms with Crippen molar-refractivity contribution in [3.63, 3.8) is 0 Å². The summed E-state index contributed by atoms with van der Waals surface area (Å²) in [7, 11) is -2.21. The van der Waals surface area contributed by atoms with Crippen LogP contribution in [0, 0.1) is 6.92 Å². The van der Waals surface area contributed by atoms with Gasteiger partial charge in [0.15, 0.2) is 5.75 Å². The van der Waals surface area contributed by atoms with Gasteiger partial charge in [-0.15, -0.1) is 0 Å². The summed E-state index contributed by atoms with van der Waals surface area (Å²) >= 11 is 0. The number of rotatable bonds is 9. The van der Waals surface area contributed by atoms with Crippen LogP contribution in [-0.2, 0) is 26.8 Å². The number of aromatic nitrogens is 2. The Morgan fingerprint density at radius 3 is 2.55 bits per heavy atom. The molecule has 3 aromatic rings. The molecule has 224 valence electrons. The van der Waals surface area contributed by atoms with Gasteiger partial charge in [0.2, 0.25) is 21.8 Å². The van der Waals surface area contributed by atoms with Gasteiger partial charge in [0.1, 0.15) is 11.6 Å². The van der Waals surface area contributed by atoms with Crippen molar-refractivity contribution >= 4 is 33.2 Å². The van der Waals surface area contributed by atoms with Gasteiger partial charge < -0.3 is 20.1 Å². The van der Waals surface area contributed by atoms with Crippen molar-refractivity contribution in [2.75, 3.05) is 43.0 Å². The zero-order valence-corrected chi connectivity index (χ0v) is 25.4. The highest BCUT2D eigenvalue weighted by molar-refractivity contribution is 7.92. The van der Waals surface area contributed by atoms with Crippen molar-refractivity contribution in [3.05, 3.63) is 65.1 Å². The molecule has 42 heavy (non-hydrogen) atoms. The highest BCUT2D eigenvalue weighted by Crippen LogP contribution is 2.39. The third kappa shape index (κ3) is 7.95. The quantitative estimate of drug-likeness (QED) is 0.337. The van der Waals surface area contributed by atoms with Crippen LogP contribution in [0.2, 0.25) is 0 Å². The number of hydrogen-bond donors (Lipinski definition) is 3. The fourth-order valence-electron chi connectivity index (χ4n) is 4.35. The second kappa shape index (κ2) is 12.3. The smallest absolute Gasteiger partial charge is 0.255 e. The van der Waals surface area contributed by atoms with Crippen LogP contribution < -0.4 is 24.8 Å². The Hall–Kier alpha value is -4.23. The summed E-state index contributed by atoms with van der Waals surface area (Å²) in [4.78, 5) is 35.9. The Labute approximate surface area is 245 Å². The molecule has 1 fully saturated rings. The van der Waals surface area contributed by atoms with Gasteiger partial charge in [-0.2, -0.15) is 4.98 Å². The summed E-state index contributed by atoms with van der Waals surface area (Å²) < 4.78 is 38.1. The molecule has 1 aliphatic heterocycles. The van der Waals surface area contributed by atoms with Gasteiger partial charge in [0.05, 0.1) is 37.8 Å². The maximum absolute atomic E-state index is 13.4. The summed E-state index contributed by atoms with van der Waals surface area (Å²) in [5.74, 6) is 0.951. The van der Waals surface area contributed by atoms with E-state index in [9.17, 15) is 18.0 Å². The summed E-state index contributed by atoms with van der Waals surface area (Å²) in [6.07, 6.45) is 2.64. The number of nitrogens with one attached hydrogen (secondary N) is 3. The number of benzene rings is 2. The number of hydrogen-bond acceptors (Lipinski definition) is 9. The third-order valence-electron chi connectivity index (χ3n) is 6.53. The Morgan fingerprint density at radius 1 is 1.14 bits per heavy atom. The minimum absolute atomic E-state index is 0.0370. The lowest BCUT2D eigenvalue weighted by atomic mass is 9.86. The minimum Gasteiger partial charge on any atom is -0.492 e. The van der Waals surface area contributed by atoms with Crippen LogP contribution in [0.3, 0.4) is 0 Å². The maximum Gasteiger partial charge on any atom is 0.255 e. The highest BCUT2D eigenvalue weighted by atomic mass is 32.2. The zero-order valence-electron chi connectivity index (χ0n) is 24.6. The third-order valence-corrected chi connectivity index (χ3v) is 7.12. The van der Waals surface area contributed by atoms with Gasteiger partial charge in [-0.25, -0.2) is 13.4 Å². The molecule has 0 spiro atoms. The summed E-state index contributed by atoms with van der Waals surface area (Å²) in [6, 6.07) is 10.1. The van der Waals surface area contributed by atoms with Crippen LogP contribution in [0.1, 0.15) is 48.1 Å². The molecule has 2 amide bonds. The van der Waals surface area contributed by atoms with Crippen LogP contribution in [-0.4, -0.2) is 68.1 Å². The van der Waals surface area contributed by atoms with E-state index in [4.69, 9.17) is 9.47 Å². The van der Waals surface area contributed by atoms with Gasteiger partial charge in [0.25, 0.3) is 5.91 Å². The van der Waals surface area contributed by atoms with Crippen molar-refractivity contribution in [1.82, 2.24) is 20.2 Å². The fourth-order valence-corrected chi connectivity index (χ4v) is 4.90. The van der Waals surface area contributed by atoms with Crippen molar-refractivity contribution in [2.45, 2.75) is 39.7 Å². The first-order valence-electron chi connectivity index (χ1n) is 13.3. The van der Waals surface area contributed by atoms with Gasteiger partial charge in [0, 0.05) is 30.9 Å². The number of nitrogens with zero attached hydrogens (tertiary/aromatic N) is 3. The number of aryl methyl sites for hydroxylation is 1. The van der Waals surface area contributed by atoms with Crippen LogP contribution in [0.4, 0.5) is 11.4 Å². The van der Waals surface area contributed by atoms with Gasteiger partial charge >= 0.3 is 0 Å². The number of methoxy groups -OCH3 is 1. The molecule has 1 aromatic heterocycles. The van der Waals surface area contributed by atoms with Crippen LogP contribution in [0.15, 0.2) is 42.6 Å². The Kier molecular flexibility index (Phi) is 9.02. The average molecular weight is 597 g/mol. The Balaban J connectivity index is 1.58. The predicted octanol–water partition coefficient (Wildman–Crippen LogP) is 3.44. The van der Waals surface area contributed by atoms with E-state index in [1.165, 1.54) is 7.11 Å². The molecule has 0 bridgehead atoms. The molecule has 2 aromatic carbocycles. The van der Waals surface area contributed by atoms with E-state index < -0.39 is 15.9 Å². The second-order valence-corrected chi connectivity index (χ2v) is 12.9. The molecule has 0 atom stereocenters. The monoisotopic (exact) mass is 596 g/mol. The van der Waals surface area contributed by atoms with Crippen LogP contribution in [0.25, 0.3) is 0 Å². The van der Waals surface area contributed by atoms with E-state index in [2.05, 4.69) is 25.3 Å². The topological polar surface area (TPSA) is 152 Å². The first-order chi connectivity index (χ1) is 19.7. The standard InChI is InChI=1S/C29H36N6O6S/c1-18-7-8-19(13-23(18)41-26-9-10-30-24(33-26)16-35-12-11-31-25(36)17-35)28(37)32-21-14-20(29(2,3)4)15-22(27(21)40-5)34-42(6,38)39/h7-10,13-15,34H,11-12,16-17H2,1-6H3,(H,31,36)(H,32,37). The van der Waals surface area contributed by atoms with Crippen LogP contribution >= 0.6 is 0 Å². The molecule has 0 saturated carbocycles. The van der Waals surface area contributed by atoms with E-state index in [0.29, 0.717) is 48.3 Å². The Morgan fingerprint density at radius 2 is 1.88 bits per heavy atom. The first-order valence-corrected chi connectivity index (χ1v) is 15.2.